The van der Waals surface area contributed by atoms with Crippen LogP contribution in [0, 0.1) is 5.92 Å². The summed E-state index contributed by atoms with van der Waals surface area (Å²) in [5.41, 5.74) is -0.150. The number of carbonyl (C=O) groups is 2. The van der Waals surface area contributed by atoms with E-state index in [1.54, 1.807) is 30.3 Å². The van der Waals surface area contributed by atoms with Gasteiger partial charge in [0.05, 0.1) is 11.1 Å². The zero-order valence-electron chi connectivity index (χ0n) is 12.4. The van der Waals surface area contributed by atoms with Crippen molar-refractivity contribution >= 4 is 56.2 Å². The van der Waals surface area contributed by atoms with Gasteiger partial charge in [0, 0.05) is 22.0 Å². The highest BCUT2D eigenvalue weighted by Gasteiger charge is 2.38. The van der Waals surface area contributed by atoms with Gasteiger partial charge in [-0.1, -0.05) is 30.3 Å². The summed E-state index contributed by atoms with van der Waals surface area (Å²) in [6.07, 6.45) is 1.90. The summed E-state index contributed by atoms with van der Waals surface area (Å²) in [5, 5.41) is 0.490. The van der Waals surface area contributed by atoms with Gasteiger partial charge in [-0.15, -0.1) is 0 Å². The lowest BCUT2D eigenvalue weighted by Gasteiger charge is -2.27. The van der Waals surface area contributed by atoms with Gasteiger partial charge in [-0.3, -0.25) is 19.2 Å². The lowest BCUT2D eigenvalue weighted by molar-refractivity contribution is 0.0908. The first-order chi connectivity index (χ1) is 11.4. The molecule has 0 N–H and O–H groups in total. The number of hydrogen-bond donors (Lipinski definition) is 0. The van der Waals surface area contributed by atoms with Crippen molar-refractivity contribution in [3.8, 4) is 0 Å². The zero-order chi connectivity index (χ0) is 17.2. The van der Waals surface area contributed by atoms with Crippen LogP contribution in [-0.4, -0.2) is 51.7 Å². The Bertz CT molecular complexity index is 1190. The van der Waals surface area contributed by atoms with Crippen molar-refractivity contribution in [1.29, 1.82) is 0 Å². The zero-order valence-corrected chi connectivity index (χ0v) is 14.7. The number of rotatable bonds is 0. The standard InChI is InChI=1S/C16H10N2O4.2Al/c19-13-7-3-1-2-4-8(7)14(20)11-9(13)5-6-10-12(11)17-16(22)18-15(10)21;;/h1-4,6,9H,5H2,(H2,17,18,20,21,22);;/q;2*+1/p-2. The Kier molecular flexibility index (Phi) is 3.42. The molecule has 4 radical (unpaired) electrons. The van der Waals surface area contributed by atoms with Crippen molar-refractivity contribution < 1.29 is 9.59 Å². The third-order valence-corrected chi connectivity index (χ3v) is 5.45. The van der Waals surface area contributed by atoms with Gasteiger partial charge in [0.15, 0.2) is 11.6 Å². The third-order valence-electron chi connectivity index (χ3n) is 4.52. The Morgan fingerprint density at radius 3 is 2.33 bits per heavy atom. The Morgan fingerprint density at radius 1 is 0.958 bits per heavy atom. The molecule has 1 unspecified atom stereocenters. The Morgan fingerprint density at radius 2 is 1.62 bits per heavy atom. The molecule has 1 aromatic carbocycles. The quantitative estimate of drug-likeness (QED) is 0.512. The summed E-state index contributed by atoms with van der Waals surface area (Å²) in [5.74, 6) is -1.12. The lowest BCUT2D eigenvalue weighted by atomic mass is 9.74. The summed E-state index contributed by atoms with van der Waals surface area (Å²) >= 11 is 4.30. The van der Waals surface area contributed by atoms with Crippen LogP contribution in [0.25, 0.3) is 11.6 Å². The highest BCUT2D eigenvalue weighted by atomic mass is 27.1. The first-order valence-electron chi connectivity index (χ1n) is 7.24. The lowest BCUT2D eigenvalue weighted by Crippen LogP contribution is -2.61. The number of carbonyl (C=O) groups excluding carboxylic acids is 2. The number of hydrogen-bond acceptors (Lipinski definition) is 4. The van der Waals surface area contributed by atoms with Crippen molar-refractivity contribution in [3.63, 3.8) is 0 Å². The van der Waals surface area contributed by atoms with E-state index in [9.17, 15) is 19.2 Å². The monoisotopic (exact) mass is 346 g/mol. The molecule has 8 heteroatoms. The second-order valence-corrected chi connectivity index (χ2v) is 6.77. The summed E-state index contributed by atoms with van der Waals surface area (Å²) in [6.45, 7) is 0. The van der Waals surface area contributed by atoms with Crippen LogP contribution >= 0.6 is 0 Å². The number of ketones is 2. The molecule has 2 aliphatic rings. The molecule has 2 aromatic rings. The molecule has 0 fully saturated rings. The second kappa shape index (κ2) is 5.27. The maximum absolute atomic E-state index is 13.0. The number of Topliss-reactive ketones (excluding diaryl/α,β-unsaturated/α-hetero) is 2. The van der Waals surface area contributed by atoms with E-state index in [1.807, 2.05) is 0 Å². The molecule has 0 saturated carbocycles. The normalized spacial score (nSPS) is 18.5. The average molecular weight is 346 g/mol. The van der Waals surface area contributed by atoms with Crippen molar-refractivity contribution in [2.75, 3.05) is 0 Å². The molecule has 1 atom stereocenters. The molecule has 0 bridgehead atoms. The third kappa shape index (κ3) is 1.89. The molecule has 2 aliphatic carbocycles. The van der Waals surface area contributed by atoms with Crippen LogP contribution < -0.4 is 21.8 Å². The van der Waals surface area contributed by atoms with Gasteiger partial charge in [-0.2, -0.15) is 0 Å². The molecule has 24 heavy (non-hydrogen) atoms. The van der Waals surface area contributed by atoms with Crippen LogP contribution in [0.4, 0.5) is 0 Å². The van der Waals surface area contributed by atoms with E-state index in [-0.39, 0.29) is 34.1 Å². The van der Waals surface area contributed by atoms with Gasteiger partial charge in [0.1, 0.15) is 0 Å². The van der Waals surface area contributed by atoms with Crippen molar-refractivity contribution in [1.82, 2.24) is 7.10 Å². The SMILES string of the molecule is O=C1C2=c3c(c(=O)[n]([Al])c(=O)[n]3[Al])=CCC2C(=O)c2ccccc21. The smallest absolute Gasteiger partial charge is 0.331 e. The minimum Gasteiger partial charge on any atom is -0.408 e. The predicted molar refractivity (Wildman–Crippen MR) is 87.6 cm³/mol. The van der Waals surface area contributed by atoms with Gasteiger partial charge < -0.3 is 7.10 Å². The van der Waals surface area contributed by atoms with Crippen LogP contribution in [0.15, 0.2) is 33.9 Å². The molecule has 1 heterocycles. The molecule has 0 aliphatic heterocycles. The summed E-state index contributed by atoms with van der Waals surface area (Å²) in [6, 6.07) is 6.64. The van der Waals surface area contributed by atoms with Gasteiger partial charge in [-0.05, 0) is 6.42 Å². The minimum absolute atomic E-state index is 0.158. The van der Waals surface area contributed by atoms with Crippen LogP contribution in [0.1, 0.15) is 27.1 Å². The van der Waals surface area contributed by atoms with E-state index >= 15 is 0 Å². The van der Waals surface area contributed by atoms with E-state index in [4.69, 9.17) is 0 Å². The Balaban J connectivity index is 2.25. The Labute approximate surface area is 152 Å². The van der Waals surface area contributed by atoms with E-state index in [0.29, 0.717) is 11.1 Å². The van der Waals surface area contributed by atoms with Crippen LogP contribution in [0.2, 0.25) is 0 Å². The number of benzene rings is 1. The molecule has 0 amide bonds. The molecule has 4 rings (SSSR count). The fraction of sp³-hybridized carbons (Fsp3) is 0.125. The van der Waals surface area contributed by atoms with Gasteiger partial charge >= 0.3 is 33.0 Å². The van der Waals surface area contributed by atoms with Crippen molar-refractivity contribution in [2.24, 2.45) is 5.92 Å². The summed E-state index contributed by atoms with van der Waals surface area (Å²) in [4.78, 5) is 50.4. The summed E-state index contributed by atoms with van der Waals surface area (Å²) < 4.78 is 2.09. The van der Waals surface area contributed by atoms with Gasteiger partial charge in [-0.25, -0.2) is 0 Å². The Hall–Kier alpha value is -1.96. The number of aromatic nitrogens is 2. The fourth-order valence-corrected chi connectivity index (χ4v) is 4.17. The maximum Gasteiger partial charge on any atom is 0.331 e. The summed E-state index contributed by atoms with van der Waals surface area (Å²) in [7, 11) is 0. The van der Waals surface area contributed by atoms with Crippen LogP contribution in [0.3, 0.4) is 0 Å². The average Bonchev–Trinajstić information content (AvgIpc) is 2.61. The molecular formula is C16H8Al2N2O4. The largest absolute Gasteiger partial charge is 0.408 e. The number of fused-ring (bicyclic) bond motifs is 3. The van der Waals surface area contributed by atoms with E-state index in [1.165, 1.54) is 3.55 Å². The maximum atomic E-state index is 13.0. The van der Waals surface area contributed by atoms with Crippen molar-refractivity contribution in [2.45, 2.75) is 6.42 Å². The molecule has 1 aromatic heterocycles. The molecule has 112 valence electrons. The van der Waals surface area contributed by atoms with E-state index < -0.39 is 17.2 Å². The van der Waals surface area contributed by atoms with Gasteiger partial charge in [0.2, 0.25) is 5.56 Å². The molecule has 6 nitrogen and oxygen atoms in total. The van der Waals surface area contributed by atoms with E-state index in [2.05, 4.69) is 33.0 Å². The van der Waals surface area contributed by atoms with Crippen molar-refractivity contribution in [3.05, 3.63) is 66.8 Å². The fourth-order valence-electron chi connectivity index (χ4n) is 3.37. The molecular weight excluding hydrogens is 338 g/mol. The number of nitrogens with zero attached hydrogens (tertiary/aromatic N) is 2. The highest BCUT2D eigenvalue weighted by Crippen LogP contribution is 2.32. The minimum atomic E-state index is -0.661. The van der Waals surface area contributed by atoms with E-state index in [0.717, 1.165) is 3.55 Å². The van der Waals surface area contributed by atoms with Crippen LogP contribution in [-0.2, 0) is 0 Å². The molecule has 0 saturated heterocycles. The topological polar surface area (TPSA) is 78.1 Å². The highest BCUT2D eigenvalue weighted by molar-refractivity contribution is 6.35. The first-order valence-corrected chi connectivity index (χ1v) is 8.27. The second-order valence-electron chi connectivity index (χ2n) is 5.74. The molecule has 0 spiro atoms. The first kappa shape index (κ1) is 15.6. The van der Waals surface area contributed by atoms with Gasteiger partial charge in [0.25, 0.3) is 5.69 Å². The predicted octanol–water partition coefficient (Wildman–Crippen LogP) is -2.10. The van der Waals surface area contributed by atoms with Crippen LogP contribution in [0.5, 0.6) is 0 Å².